The molecule has 0 bridgehead atoms. The predicted octanol–water partition coefficient (Wildman–Crippen LogP) is 3.59. The molecule has 2 aromatic rings. The Kier molecular flexibility index (Phi) is 6.59. The maximum absolute atomic E-state index is 12.7. The van der Waals surface area contributed by atoms with Crippen LogP contribution in [0.4, 0.5) is 0 Å². The van der Waals surface area contributed by atoms with Crippen LogP contribution in [0.1, 0.15) is 17.5 Å². The normalized spacial score (nSPS) is 12.2. The quantitative estimate of drug-likeness (QED) is 0.580. The van der Waals surface area contributed by atoms with E-state index in [1.807, 2.05) is 37.3 Å². The Balaban J connectivity index is 2.24. The topological polar surface area (TPSA) is 55.4 Å². The predicted molar refractivity (Wildman–Crippen MR) is 99.7 cm³/mol. The minimum Gasteiger partial charge on any atom is -0.493 e. The zero-order valence-corrected chi connectivity index (χ0v) is 15.3. The molecule has 0 heterocycles. The molecular weight excluding hydrogens is 334 g/mol. The van der Waals surface area contributed by atoms with Gasteiger partial charge in [0.05, 0.1) is 12.0 Å². The summed E-state index contributed by atoms with van der Waals surface area (Å²) in [4.78, 5) is 0.248. The van der Waals surface area contributed by atoms with E-state index < -0.39 is 10.0 Å². The van der Waals surface area contributed by atoms with Crippen molar-refractivity contribution in [2.45, 2.75) is 30.7 Å². The van der Waals surface area contributed by atoms with E-state index in [0.29, 0.717) is 18.6 Å². The smallest absolute Gasteiger partial charge is 0.240 e. The molecule has 0 unspecified atom stereocenters. The first-order valence-electron chi connectivity index (χ1n) is 8.00. The van der Waals surface area contributed by atoms with Crippen molar-refractivity contribution >= 4 is 10.0 Å². The molecule has 2 aromatic carbocycles. The molecule has 0 saturated heterocycles. The molecule has 132 valence electrons. The van der Waals surface area contributed by atoms with Crippen molar-refractivity contribution in [1.29, 1.82) is 0 Å². The van der Waals surface area contributed by atoms with Gasteiger partial charge in [0.25, 0.3) is 0 Å². The molecule has 25 heavy (non-hydrogen) atoms. The molecule has 0 spiro atoms. The van der Waals surface area contributed by atoms with Crippen LogP contribution in [0.5, 0.6) is 0 Å². The van der Waals surface area contributed by atoms with Crippen molar-refractivity contribution in [2.75, 3.05) is 7.11 Å². The first kappa shape index (κ1) is 19.0. The summed E-state index contributed by atoms with van der Waals surface area (Å²) in [6, 6.07) is 16.2. The van der Waals surface area contributed by atoms with Crippen LogP contribution in [-0.4, -0.2) is 21.6 Å². The van der Waals surface area contributed by atoms with Crippen molar-refractivity contribution in [1.82, 2.24) is 4.72 Å². The third-order valence-electron chi connectivity index (χ3n) is 3.85. The highest BCUT2D eigenvalue weighted by Gasteiger charge is 2.21. The van der Waals surface area contributed by atoms with Crippen molar-refractivity contribution in [3.63, 3.8) is 0 Å². The van der Waals surface area contributed by atoms with Gasteiger partial charge in [-0.1, -0.05) is 60.3 Å². The van der Waals surface area contributed by atoms with Crippen LogP contribution in [0.25, 0.3) is 0 Å². The molecule has 0 aliphatic carbocycles. The number of benzene rings is 2. The third-order valence-corrected chi connectivity index (χ3v) is 5.39. The third kappa shape index (κ3) is 5.61. The number of methoxy groups -OCH3 is 1. The molecule has 0 fully saturated rings. The number of nitrogens with one attached hydrogen (secondary N) is 1. The average Bonchev–Trinajstić information content (AvgIpc) is 2.60. The average molecular weight is 357 g/mol. The summed E-state index contributed by atoms with van der Waals surface area (Å²) < 4.78 is 33.4. The number of hydrogen-bond acceptors (Lipinski definition) is 3. The van der Waals surface area contributed by atoms with Gasteiger partial charge in [0, 0.05) is 12.5 Å². The van der Waals surface area contributed by atoms with Gasteiger partial charge in [0.1, 0.15) is 5.76 Å². The Hall–Kier alpha value is -2.33. The van der Waals surface area contributed by atoms with E-state index in [2.05, 4.69) is 17.0 Å². The first-order valence-corrected chi connectivity index (χ1v) is 9.49. The highest BCUT2D eigenvalue weighted by Crippen LogP contribution is 2.16. The van der Waals surface area contributed by atoms with E-state index in [0.717, 1.165) is 11.1 Å². The summed E-state index contributed by atoms with van der Waals surface area (Å²) in [7, 11) is -2.10. The van der Waals surface area contributed by atoms with E-state index >= 15 is 0 Å². The molecule has 0 aliphatic heterocycles. The number of rotatable bonds is 8. The summed E-state index contributed by atoms with van der Waals surface area (Å²) in [5.74, 6) is 0.521. The minimum atomic E-state index is -3.63. The van der Waals surface area contributed by atoms with Crippen LogP contribution < -0.4 is 4.72 Å². The summed E-state index contributed by atoms with van der Waals surface area (Å²) in [5, 5.41) is 0. The van der Waals surface area contributed by atoms with Crippen molar-refractivity contribution < 1.29 is 13.2 Å². The van der Waals surface area contributed by atoms with Gasteiger partial charge in [0.15, 0.2) is 0 Å². The lowest BCUT2D eigenvalue weighted by molar-refractivity contribution is 0.268. The fourth-order valence-corrected chi connectivity index (χ4v) is 3.75. The maximum Gasteiger partial charge on any atom is 0.240 e. The number of sulfonamides is 1. The van der Waals surface area contributed by atoms with Crippen molar-refractivity contribution in [2.24, 2.45) is 0 Å². The Morgan fingerprint density at radius 2 is 1.80 bits per heavy atom. The van der Waals surface area contributed by atoms with Gasteiger partial charge < -0.3 is 4.74 Å². The Morgan fingerprint density at radius 1 is 1.16 bits per heavy atom. The van der Waals surface area contributed by atoms with Gasteiger partial charge in [-0.3, -0.25) is 0 Å². The lowest BCUT2D eigenvalue weighted by Crippen LogP contribution is -2.37. The van der Waals surface area contributed by atoms with Gasteiger partial charge in [-0.25, -0.2) is 13.1 Å². The standard InChI is InChI=1S/C20H23NO3S/c1-4-19(24-3)15-18(14-17-8-6-5-7-9-17)21-25(22,23)20-12-10-16(2)11-13-20/h5-13,18,21H,1,14-15H2,2-3H3/t18-/m0/s1. The van der Waals surface area contributed by atoms with Crippen LogP contribution in [0.3, 0.4) is 0 Å². The van der Waals surface area contributed by atoms with Gasteiger partial charge in [-0.05, 0) is 31.0 Å². The molecule has 1 atom stereocenters. The van der Waals surface area contributed by atoms with Crippen LogP contribution in [0.2, 0.25) is 0 Å². The fraction of sp³-hybridized carbons (Fsp3) is 0.250. The molecule has 0 radical (unpaired) electrons. The molecule has 2 rings (SSSR count). The summed E-state index contributed by atoms with van der Waals surface area (Å²) in [6.45, 7) is 5.51. The molecule has 0 aromatic heterocycles. The SMILES string of the molecule is C=C=C(C[C@H](Cc1ccccc1)NS(=O)(=O)c1ccc(C)cc1)OC. The Morgan fingerprint density at radius 3 is 2.36 bits per heavy atom. The first-order chi connectivity index (χ1) is 11.9. The second-order valence-corrected chi connectivity index (χ2v) is 7.54. The van der Waals surface area contributed by atoms with E-state index in [-0.39, 0.29) is 10.9 Å². The monoisotopic (exact) mass is 357 g/mol. The molecular formula is C20H23NO3S. The Bertz CT molecular complexity index is 836. The highest BCUT2D eigenvalue weighted by molar-refractivity contribution is 7.89. The largest absolute Gasteiger partial charge is 0.493 e. The number of ether oxygens (including phenoxy) is 1. The molecule has 0 amide bonds. The van der Waals surface area contributed by atoms with Gasteiger partial charge in [-0.2, -0.15) is 0 Å². The minimum absolute atomic E-state index is 0.248. The second-order valence-electron chi connectivity index (χ2n) is 5.83. The fourth-order valence-electron chi connectivity index (χ4n) is 2.51. The van der Waals surface area contributed by atoms with Crippen LogP contribution in [0.15, 0.2) is 77.6 Å². The molecule has 0 aliphatic rings. The van der Waals surface area contributed by atoms with E-state index in [4.69, 9.17) is 4.74 Å². The van der Waals surface area contributed by atoms with Crippen LogP contribution in [0, 0.1) is 6.92 Å². The maximum atomic E-state index is 12.7. The molecule has 0 saturated carbocycles. The molecule has 4 nitrogen and oxygen atoms in total. The van der Waals surface area contributed by atoms with E-state index in [9.17, 15) is 8.42 Å². The summed E-state index contributed by atoms with van der Waals surface area (Å²) in [6.07, 6.45) is 0.917. The second kappa shape index (κ2) is 8.67. The molecule has 5 heteroatoms. The van der Waals surface area contributed by atoms with E-state index in [1.165, 1.54) is 7.11 Å². The van der Waals surface area contributed by atoms with Gasteiger partial charge in [0.2, 0.25) is 10.0 Å². The van der Waals surface area contributed by atoms with E-state index in [1.54, 1.807) is 24.3 Å². The number of hydrogen-bond donors (Lipinski definition) is 1. The van der Waals surface area contributed by atoms with Crippen LogP contribution >= 0.6 is 0 Å². The zero-order chi connectivity index (χ0) is 18.3. The van der Waals surface area contributed by atoms with Crippen molar-refractivity contribution in [3.8, 4) is 0 Å². The van der Waals surface area contributed by atoms with Crippen molar-refractivity contribution in [3.05, 3.63) is 83.8 Å². The summed E-state index contributed by atoms with van der Waals surface area (Å²) in [5.41, 5.74) is 4.76. The highest BCUT2D eigenvalue weighted by atomic mass is 32.2. The molecule has 1 N–H and O–H groups in total. The Labute approximate surface area is 149 Å². The number of aryl methyl sites for hydroxylation is 1. The lowest BCUT2D eigenvalue weighted by atomic mass is 10.0. The zero-order valence-electron chi connectivity index (χ0n) is 14.5. The lowest BCUT2D eigenvalue weighted by Gasteiger charge is -2.19. The van der Waals surface area contributed by atoms with Gasteiger partial charge in [-0.15, -0.1) is 0 Å². The van der Waals surface area contributed by atoms with Gasteiger partial charge >= 0.3 is 0 Å². The summed E-state index contributed by atoms with van der Waals surface area (Å²) >= 11 is 0. The van der Waals surface area contributed by atoms with Crippen LogP contribution in [-0.2, 0) is 21.2 Å².